The number of halogens is 2. The first kappa shape index (κ1) is 20.0. The number of benzene rings is 2. The second-order valence-electron chi connectivity index (χ2n) is 6.00. The van der Waals surface area contributed by atoms with Crippen LogP contribution in [0.15, 0.2) is 42.5 Å². The van der Waals surface area contributed by atoms with E-state index in [0.29, 0.717) is 0 Å². The second kappa shape index (κ2) is 7.50. The Bertz CT molecular complexity index is 1070. The summed E-state index contributed by atoms with van der Waals surface area (Å²) in [5.41, 5.74) is 10.5. The lowest BCUT2D eigenvalue weighted by atomic mass is 10.00. The summed E-state index contributed by atoms with van der Waals surface area (Å²) >= 11 is 0. The minimum atomic E-state index is -0.203. The maximum Gasteiger partial charge on any atom is 0.238 e. The molecule has 0 spiro atoms. The quantitative estimate of drug-likeness (QED) is 0.545. The van der Waals surface area contributed by atoms with Gasteiger partial charge in [0.25, 0.3) is 0 Å². The average molecular weight is 391 g/mol. The molecule has 0 fully saturated rings. The molecule has 136 valence electrons. The van der Waals surface area contributed by atoms with Gasteiger partial charge in [-0.2, -0.15) is 0 Å². The van der Waals surface area contributed by atoms with Crippen LogP contribution in [0.25, 0.3) is 33.2 Å². The van der Waals surface area contributed by atoms with Crippen LogP contribution in [0.1, 0.15) is 5.56 Å². The minimum Gasteiger partial charge on any atom is -0.328 e. The number of carbonyl (C=O) groups excluding carboxylic acids is 1. The van der Waals surface area contributed by atoms with Crippen LogP contribution in [0.3, 0.4) is 0 Å². The first-order valence-corrected chi connectivity index (χ1v) is 7.87. The van der Waals surface area contributed by atoms with Crippen LogP contribution in [-0.2, 0) is 11.8 Å². The third-order valence-electron chi connectivity index (χ3n) is 4.55. The van der Waals surface area contributed by atoms with Crippen molar-refractivity contribution in [3.8, 4) is 11.4 Å². The molecule has 0 unspecified atom stereocenters. The van der Waals surface area contributed by atoms with E-state index in [1.165, 1.54) is 10.9 Å². The number of aromatic nitrogens is 2. The molecular formula is C19H20Cl2N4O. The van der Waals surface area contributed by atoms with Gasteiger partial charge >= 0.3 is 0 Å². The van der Waals surface area contributed by atoms with Gasteiger partial charge in [-0.25, -0.2) is 4.98 Å². The number of nitrogens with zero attached hydrogens (tertiary/aromatic N) is 2. The Balaban J connectivity index is 0.00000121. The van der Waals surface area contributed by atoms with Crippen LogP contribution in [0, 0.1) is 6.92 Å². The van der Waals surface area contributed by atoms with Gasteiger partial charge in [-0.1, -0.05) is 18.2 Å². The zero-order valence-electron chi connectivity index (χ0n) is 14.4. The normalized spacial score (nSPS) is 10.6. The molecule has 0 radical (unpaired) electrons. The van der Waals surface area contributed by atoms with Gasteiger partial charge in [0.2, 0.25) is 5.91 Å². The number of anilines is 1. The van der Waals surface area contributed by atoms with Crippen molar-refractivity contribution in [3.05, 3.63) is 48.0 Å². The Kier molecular flexibility index (Phi) is 5.76. The molecule has 7 heteroatoms. The molecule has 2 aliphatic rings. The van der Waals surface area contributed by atoms with E-state index in [9.17, 15) is 4.79 Å². The van der Waals surface area contributed by atoms with E-state index < -0.39 is 0 Å². The third kappa shape index (κ3) is 2.98. The molecule has 0 aromatic heterocycles. The number of pyridine rings is 1. The number of hydrogen-bond acceptors (Lipinski definition) is 3. The zero-order chi connectivity index (χ0) is 16.8. The van der Waals surface area contributed by atoms with E-state index in [2.05, 4.69) is 28.9 Å². The Morgan fingerprint density at radius 1 is 1.15 bits per heavy atom. The van der Waals surface area contributed by atoms with Crippen molar-refractivity contribution in [2.45, 2.75) is 6.92 Å². The summed E-state index contributed by atoms with van der Waals surface area (Å²) in [6, 6.07) is 14.1. The second-order valence-corrected chi connectivity index (χ2v) is 6.00. The maximum absolute atomic E-state index is 11.6. The van der Waals surface area contributed by atoms with Gasteiger partial charge in [0.15, 0.2) is 0 Å². The number of carbonyl (C=O) groups is 1. The fraction of sp³-hybridized carbons (Fsp3) is 0.158. The lowest BCUT2D eigenvalue weighted by molar-refractivity contribution is -0.114. The van der Waals surface area contributed by atoms with Crippen LogP contribution in [-0.4, -0.2) is 22.0 Å². The molecule has 0 saturated heterocycles. The van der Waals surface area contributed by atoms with Gasteiger partial charge < -0.3 is 15.6 Å². The van der Waals surface area contributed by atoms with Gasteiger partial charge in [0.1, 0.15) is 5.82 Å². The summed E-state index contributed by atoms with van der Waals surface area (Å²) in [7, 11) is 2.03. The molecule has 0 saturated carbocycles. The number of fused-ring (bicyclic) bond motifs is 4. The van der Waals surface area contributed by atoms with E-state index >= 15 is 0 Å². The first-order chi connectivity index (χ1) is 11.6. The highest BCUT2D eigenvalue weighted by Crippen LogP contribution is 2.38. The maximum atomic E-state index is 11.6. The molecule has 26 heavy (non-hydrogen) atoms. The van der Waals surface area contributed by atoms with E-state index in [1.807, 2.05) is 37.4 Å². The number of nitrogens with one attached hydrogen (secondary N) is 1. The van der Waals surface area contributed by atoms with Crippen LogP contribution >= 0.6 is 24.8 Å². The van der Waals surface area contributed by atoms with Crippen molar-refractivity contribution in [2.75, 3.05) is 11.9 Å². The van der Waals surface area contributed by atoms with Crippen LogP contribution in [0.5, 0.6) is 0 Å². The number of hydrogen-bond donors (Lipinski definition) is 2. The van der Waals surface area contributed by atoms with E-state index in [0.717, 1.165) is 33.5 Å². The van der Waals surface area contributed by atoms with Crippen molar-refractivity contribution in [1.82, 2.24) is 9.55 Å². The Hall–Kier alpha value is -2.34. The van der Waals surface area contributed by atoms with Gasteiger partial charge in [0, 0.05) is 34.6 Å². The number of para-hydroxylation sites is 1. The molecule has 2 aromatic rings. The lowest BCUT2D eigenvalue weighted by Gasteiger charge is -2.15. The Labute approximate surface area is 163 Å². The molecule has 0 bridgehead atoms. The summed E-state index contributed by atoms with van der Waals surface area (Å²) in [6.07, 6.45) is 0. The largest absolute Gasteiger partial charge is 0.328 e. The summed E-state index contributed by atoms with van der Waals surface area (Å²) in [4.78, 5) is 16.4. The molecule has 5 nitrogen and oxygen atoms in total. The van der Waals surface area contributed by atoms with Crippen molar-refractivity contribution >= 4 is 58.2 Å². The van der Waals surface area contributed by atoms with E-state index in [-0.39, 0.29) is 37.3 Å². The monoisotopic (exact) mass is 390 g/mol. The van der Waals surface area contributed by atoms with Crippen molar-refractivity contribution in [2.24, 2.45) is 12.8 Å². The highest BCUT2D eigenvalue weighted by Gasteiger charge is 2.20. The van der Waals surface area contributed by atoms with Crippen LogP contribution < -0.4 is 11.1 Å². The zero-order valence-corrected chi connectivity index (χ0v) is 16.1. The SMILES string of the molecule is Cc1c2c3cc(NC(=O)CN)ccc3nc-2n(C)c2ccccc12.Cl.Cl. The molecule has 1 amide bonds. The average Bonchev–Trinajstić information content (AvgIpc) is 2.99. The molecule has 2 aromatic carbocycles. The third-order valence-corrected chi connectivity index (χ3v) is 4.55. The first-order valence-electron chi connectivity index (χ1n) is 7.87. The summed E-state index contributed by atoms with van der Waals surface area (Å²) in [5.74, 6) is 0.745. The van der Waals surface area contributed by atoms with Gasteiger partial charge in [-0.15, -0.1) is 24.8 Å². The smallest absolute Gasteiger partial charge is 0.238 e. The lowest BCUT2D eigenvalue weighted by Crippen LogP contribution is -2.21. The number of aryl methyl sites for hydroxylation is 2. The number of rotatable bonds is 2. The Morgan fingerprint density at radius 3 is 2.62 bits per heavy atom. The number of amides is 1. The fourth-order valence-electron chi connectivity index (χ4n) is 3.36. The molecule has 3 N–H and O–H groups in total. The standard InChI is InChI=1S/C19H18N4O.2ClH/c1-11-13-5-3-4-6-16(13)23(2)19-18(11)14-9-12(21-17(24)10-20)7-8-15(14)22-19;;/h3-9H,10,20H2,1-2H3,(H,21,24);2*1H. The molecule has 0 atom stereocenters. The summed E-state index contributed by atoms with van der Waals surface area (Å²) in [6.45, 7) is 2.09. The topological polar surface area (TPSA) is 72.9 Å². The molecule has 2 aliphatic heterocycles. The highest BCUT2D eigenvalue weighted by molar-refractivity contribution is 6.05. The van der Waals surface area contributed by atoms with Crippen LogP contribution in [0.4, 0.5) is 5.69 Å². The van der Waals surface area contributed by atoms with E-state index in [4.69, 9.17) is 10.7 Å². The highest BCUT2D eigenvalue weighted by atomic mass is 35.5. The Morgan fingerprint density at radius 2 is 1.88 bits per heavy atom. The summed E-state index contributed by atoms with van der Waals surface area (Å²) < 4.78 is 2.12. The minimum absolute atomic E-state index is 0. The molecule has 2 heterocycles. The predicted molar refractivity (Wildman–Crippen MR) is 112 cm³/mol. The summed E-state index contributed by atoms with van der Waals surface area (Å²) in [5, 5.41) is 5.06. The number of nitrogens with two attached hydrogens (primary N) is 1. The van der Waals surface area contributed by atoms with E-state index in [1.54, 1.807) is 0 Å². The molecule has 0 aliphatic carbocycles. The molecule has 4 rings (SSSR count). The van der Waals surface area contributed by atoms with Gasteiger partial charge in [-0.05, 0) is 36.8 Å². The van der Waals surface area contributed by atoms with Crippen molar-refractivity contribution < 1.29 is 4.79 Å². The van der Waals surface area contributed by atoms with Crippen molar-refractivity contribution in [3.63, 3.8) is 0 Å². The van der Waals surface area contributed by atoms with Crippen molar-refractivity contribution in [1.29, 1.82) is 0 Å². The van der Waals surface area contributed by atoms with Gasteiger partial charge in [-0.3, -0.25) is 4.79 Å². The van der Waals surface area contributed by atoms with Gasteiger partial charge in [0.05, 0.1) is 12.1 Å². The predicted octanol–water partition coefficient (Wildman–Crippen LogP) is 3.88. The fourth-order valence-corrected chi connectivity index (χ4v) is 3.36. The molecular weight excluding hydrogens is 371 g/mol. The van der Waals surface area contributed by atoms with Crippen LogP contribution in [0.2, 0.25) is 0 Å².